The van der Waals surface area contributed by atoms with Crippen molar-refractivity contribution in [2.24, 2.45) is 0 Å². The number of ether oxygens (including phenoxy) is 3. The Kier molecular flexibility index (Phi) is 9.44. The Bertz CT molecular complexity index is 649. The molecule has 2 aromatic rings. The highest BCUT2D eigenvalue weighted by molar-refractivity contribution is 7.98. The highest BCUT2D eigenvalue weighted by Gasteiger charge is 2.03. The molecule has 0 amide bonds. The van der Waals surface area contributed by atoms with Gasteiger partial charge >= 0.3 is 0 Å². The third-order valence-electron chi connectivity index (χ3n) is 2.95. The van der Waals surface area contributed by atoms with Gasteiger partial charge in [0.25, 0.3) is 0 Å². The minimum atomic E-state index is 0.509. The Morgan fingerprint density at radius 2 is 1.67 bits per heavy atom. The number of nitrogens with zero attached hydrogens (tertiary/aromatic N) is 1. The lowest BCUT2D eigenvalue weighted by Gasteiger charge is -2.08. The monoisotopic (exact) mass is 345 g/mol. The summed E-state index contributed by atoms with van der Waals surface area (Å²) in [5.41, 5.74) is 0.509. The summed E-state index contributed by atoms with van der Waals surface area (Å²) in [4.78, 5) is 1.18. The van der Waals surface area contributed by atoms with Crippen LogP contribution < -0.4 is 9.47 Å². The molecular weight excluding hydrogens is 322 g/mol. The number of thioether (sulfide) groups is 1. The second-order valence-electron chi connectivity index (χ2n) is 4.78. The highest BCUT2D eigenvalue weighted by atomic mass is 32.2. The van der Waals surface area contributed by atoms with Crippen molar-refractivity contribution in [2.75, 3.05) is 27.1 Å². The molecule has 5 heteroatoms. The van der Waals surface area contributed by atoms with Crippen LogP contribution in [0.3, 0.4) is 0 Å². The lowest BCUT2D eigenvalue weighted by molar-refractivity contribution is 0.199. The molecule has 0 saturated heterocycles. The average molecular weight is 345 g/mol. The molecule has 2 rings (SSSR count). The van der Waals surface area contributed by atoms with Crippen LogP contribution in [0.4, 0.5) is 0 Å². The van der Waals surface area contributed by atoms with Gasteiger partial charge in [-0.05, 0) is 49.1 Å². The van der Waals surface area contributed by atoms with Crippen LogP contribution in [-0.2, 0) is 4.74 Å². The molecule has 0 aliphatic carbocycles. The van der Waals surface area contributed by atoms with Gasteiger partial charge in [-0.1, -0.05) is 6.92 Å². The Hall–Kier alpha value is -2.16. The van der Waals surface area contributed by atoms with Crippen molar-refractivity contribution in [3.63, 3.8) is 0 Å². The molecule has 128 valence electrons. The fourth-order valence-electron chi connectivity index (χ4n) is 1.80. The zero-order valence-corrected chi connectivity index (χ0v) is 15.4. The van der Waals surface area contributed by atoms with Gasteiger partial charge in [0.15, 0.2) is 0 Å². The zero-order chi connectivity index (χ0) is 17.8. The maximum atomic E-state index is 8.95. The number of hydrogen-bond donors (Lipinski definition) is 0. The van der Waals surface area contributed by atoms with Gasteiger partial charge in [-0.2, -0.15) is 5.26 Å². The molecule has 0 saturated carbocycles. The van der Waals surface area contributed by atoms with Crippen LogP contribution >= 0.6 is 11.8 Å². The van der Waals surface area contributed by atoms with Gasteiger partial charge in [-0.3, -0.25) is 0 Å². The molecule has 0 bridgehead atoms. The second-order valence-corrected chi connectivity index (χ2v) is 5.66. The van der Waals surface area contributed by atoms with Crippen molar-refractivity contribution in [1.29, 1.82) is 5.26 Å². The van der Waals surface area contributed by atoms with E-state index in [9.17, 15) is 0 Å². The summed E-state index contributed by atoms with van der Waals surface area (Å²) in [6.45, 7) is 2.98. The summed E-state index contributed by atoms with van der Waals surface area (Å²) in [6, 6.07) is 15.0. The number of nitriles is 1. The quantitative estimate of drug-likeness (QED) is 0.680. The maximum absolute atomic E-state index is 8.95. The highest BCUT2D eigenvalue weighted by Crippen LogP contribution is 2.28. The van der Waals surface area contributed by atoms with Crippen molar-refractivity contribution in [1.82, 2.24) is 0 Å². The Balaban J connectivity index is 0.000000505. The van der Waals surface area contributed by atoms with Gasteiger partial charge in [0.1, 0.15) is 17.2 Å². The lowest BCUT2D eigenvalue weighted by atomic mass is 10.2. The summed E-state index contributed by atoms with van der Waals surface area (Å²) in [5, 5.41) is 8.95. The van der Waals surface area contributed by atoms with Crippen molar-refractivity contribution in [3.8, 4) is 23.3 Å². The van der Waals surface area contributed by atoms with Crippen LogP contribution in [-0.4, -0.2) is 27.1 Å². The molecular formula is C19H23NO3S. The molecule has 0 N–H and O–H groups in total. The fourth-order valence-corrected chi connectivity index (χ4v) is 2.21. The molecule has 0 radical (unpaired) electrons. The standard InChI is InChI=1S/C15H13NO2S.C4H10O/c1-17-13-7-11(10-16)8-14(9-13)18-12-3-5-15(19-2)6-4-12;1-3-4-5-2/h3-9H,1-2H3;3-4H2,1-2H3. The third kappa shape index (κ3) is 6.95. The largest absolute Gasteiger partial charge is 0.497 e. The molecule has 0 atom stereocenters. The first-order chi connectivity index (χ1) is 11.7. The first-order valence-electron chi connectivity index (χ1n) is 7.56. The molecule has 2 aromatic carbocycles. The van der Waals surface area contributed by atoms with E-state index in [4.69, 9.17) is 19.5 Å². The van der Waals surface area contributed by atoms with Crippen molar-refractivity contribution >= 4 is 11.8 Å². The van der Waals surface area contributed by atoms with Crippen LogP contribution in [0.2, 0.25) is 0 Å². The smallest absolute Gasteiger partial charge is 0.132 e. The van der Waals surface area contributed by atoms with Gasteiger partial charge in [-0.15, -0.1) is 11.8 Å². The summed E-state index contributed by atoms with van der Waals surface area (Å²) in [7, 11) is 3.27. The van der Waals surface area contributed by atoms with Gasteiger partial charge in [0.05, 0.1) is 18.7 Å². The van der Waals surface area contributed by atoms with Crippen LogP contribution in [0.1, 0.15) is 18.9 Å². The van der Waals surface area contributed by atoms with E-state index in [-0.39, 0.29) is 0 Å². The lowest BCUT2D eigenvalue weighted by Crippen LogP contribution is -1.89. The van der Waals surface area contributed by atoms with Crippen LogP contribution in [0, 0.1) is 11.3 Å². The van der Waals surface area contributed by atoms with Crippen LogP contribution in [0.5, 0.6) is 17.2 Å². The number of benzene rings is 2. The van der Waals surface area contributed by atoms with Gasteiger partial charge in [0.2, 0.25) is 0 Å². The normalized spacial score (nSPS) is 9.46. The van der Waals surface area contributed by atoms with E-state index in [2.05, 4.69) is 13.0 Å². The minimum Gasteiger partial charge on any atom is -0.497 e. The number of rotatable bonds is 6. The van der Waals surface area contributed by atoms with Crippen molar-refractivity contribution < 1.29 is 14.2 Å². The van der Waals surface area contributed by atoms with Crippen molar-refractivity contribution in [3.05, 3.63) is 48.0 Å². The summed E-state index contributed by atoms with van der Waals surface area (Å²) < 4.78 is 15.6. The van der Waals surface area contributed by atoms with E-state index >= 15 is 0 Å². The van der Waals surface area contributed by atoms with E-state index in [0.29, 0.717) is 17.1 Å². The predicted octanol–water partition coefficient (Wildman–Crippen LogP) is 5.12. The molecule has 0 heterocycles. The minimum absolute atomic E-state index is 0.509. The fraction of sp³-hybridized carbons (Fsp3) is 0.316. The summed E-state index contributed by atoms with van der Waals surface area (Å²) >= 11 is 1.68. The molecule has 24 heavy (non-hydrogen) atoms. The molecule has 0 fully saturated rings. The molecule has 0 spiro atoms. The maximum Gasteiger partial charge on any atom is 0.132 e. The SMILES string of the molecule is CCCOC.COc1cc(C#N)cc(Oc2ccc(SC)cc2)c1. The number of hydrogen-bond acceptors (Lipinski definition) is 5. The summed E-state index contributed by atoms with van der Waals surface area (Å²) in [5.74, 6) is 1.93. The van der Waals surface area contributed by atoms with Crippen LogP contribution in [0.15, 0.2) is 47.4 Å². The first-order valence-corrected chi connectivity index (χ1v) is 8.79. The molecule has 0 aliphatic rings. The molecule has 4 nitrogen and oxygen atoms in total. The zero-order valence-electron chi connectivity index (χ0n) is 14.5. The molecule has 0 unspecified atom stereocenters. The van der Waals surface area contributed by atoms with E-state index in [0.717, 1.165) is 18.8 Å². The van der Waals surface area contributed by atoms with Gasteiger partial charge in [-0.25, -0.2) is 0 Å². The summed E-state index contributed by atoms with van der Waals surface area (Å²) in [6.07, 6.45) is 3.15. The molecule has 0 aromatic heterocycles. The molecule has 0 aliphatic heterocycles. The van der Waals surface area contributed by atoms with Crippen molar-refractivity contribution in [2.45, 2.75) is 18.2 Å². The Morgan fingerprint density at radius 1 is 1.00 bits per heavy atom. The van der Waals surface area contributed by atoms with E-state index in [1.165, 1.54) is 4.90 Å². The average Bonchev–Trinajstić information content (AvgIpc) is 2.63. The number of methoxy groups -OCH3 is 2. The van der Waals surface area contributed by atoms with Gasteiger partial charge < -0.3 is 14.2 Å². The topological polar surface area (TPSA) is 51.5 Å². The van der Waals surface area contributed by atoms with E-state index in [1.54, 1.807) is 44.2 Å². The van der Waals surface area contributed by atoms with Gasteiger partial charge in [0, 0.05) is 24.7 Å². The van der Waals surface area contributed by atoms with Crippen LogP contribution in [0.25, 0.3) is 0 Å². The van der Waals surface area contributed by atoms with E-state index < -0.39 is 0 Å². The second kappa shape index (κ2) is 11.4. The first kappa shape index (κ1) is 19.9. The third-order valence-corrected chi connectivity index (χ3v) is 3.69. The Labute approximate surface area is 148 Å². The Morgan fingerprint density at radius 3 is 2.12 bits per heavy atom. The van der Waals surface area contributed by atoms with E-state index in [1.807, 2.05) is 30.5 Å². The predicted molar refractivity (Wildman–Crippen MR) is 98.2 cm³/mol.